The average molecular weight is 393 g/mol. The number of anilines is 1. The van der Waals surface area contributed by atoms with Crippen molar-refractivity contribution in [2.75, 3.05) is 25.5 Å². The summed E-state index contributed by atoms with van der Waals surface area (Å²) in [5.74, 6) is -0.280. The first-order valence-corrected chi connectivity index (χ1v) is 8.99. The number of amides is 2. The Balaban J connectivity index is 1.84. The molecule has 2 aromatic rings. The molecule has 0 aliphatic carbocycles. The second kappa shape index (κ2) is 7.98. The minimum Gasteiger partial charge on any atom is -0.494 e. The molecule has 26 heavy (non-hydrogen) atoms. The number of nitrogens with one attached hydrogen (secondary N) is 1. The first-order valence-electron chi connectivity index (χ1n) is 8.24. The van der Waals surface area contributed by atoms with Crippen LogP contribution in [0.2, 0.25) is 10.0 Å². The smallest absolute Gasteiger partial charge is 0.261 e. The molecule has 0 radical (unpaired) electrons. The van der Waals surface area contributed by atoms with Gasteiger partial charge in [-0.2, -0.15) is 0 Å². The lowest BCUT2D eigenvalue weighted by molar-refractivity contribution is 0.0792. The van der Waals surface area contributed by atoms with E-state index in [2.05, 4.69) is 5.32 Å². The molecule has 136 valence electrons. The monoisotopic (exact) mass is 392 g/mol. The second-order valence-corrected chi connectivity index (χ2v) is 6.79. The van der Waals surface area contributed by atoms with E-state index in [-0.39, 0.29) is 22.2 Å². The van der Waals surface area contributed by atoms with Crippen molar-refractivity contribution < 1.29 is 14.3 Å². The standard InChI is InChI=1S/C19H18Cl2N2O3/c1-26-17-15(21)8-7-14(20)16(17)18(24)22-13-6-4-5-12(11-13)19(25)23-9-2-3-10-23/h4-8,11H,2-3,9-10H2,1H3,(H,22,24). The predicted molar refractivity (Wildman–Crippen MR) is 103 cm³/mol. The van der Waals surface area contributed by atoms with Gasteiger partial charge >= 0.3 is 0 Å². The largest absolute Gasteiger partial charge is 0.494 e. The summed E-state index contributed by atoms with van der Waals surface area (Å²) in [6.45, 7) is 1.54. The molecule has 0 unspecified atom stereocenters. The number of nitrogens with zero attached hydrogens (tertiary/aromatic N) is 1. The Hall–Kier alpha value is -2.24. The highest BCUT2D eigenvalue weighted by Gasteiger charge is 2.22. The van der Waals surface area contributed by atoms with E-state index >= 15 is 0 Å². The van der Waals surface area contributed by atoms with Crippen LogP contribution in [0.15, 0.2) is 36.4 Å². The van der Waals surface area contributed by atoms with Crippen LogP contribution in [-0.2, 0) is 0 Å². The Kier molecular flexibility index (Phi) is 5.69. The third-order valence-corrected chi connectivity index (χ3v) is 4.86. The molecule has 2 aromatic carbocycles. The van der Waals surface area contributed by atoms with Crippen LogP contribution in [-0.4, -0.2) is 36.9 Å². The number of carbonyl (C=O) groups is 2. The fraction of sp³-hybridized carbons (Fsp3) is 0.263. The van der Waals surface area contributed by atoms with Crippen molar-refractivity contribution in [2.24, 2.45) is 0 Å². The molecule has 0 saturated carbocycles. The van der Waals surface area contributed by atoms with Crippen molar-refractivity contribution in [1.82, 2.24) is 4.90 Å². The van der Waals surface area contributed by atoms with Crippen LogP contribution in [0.25, 0.3) is 0 Å². The normalized spacial score (nSPS) is 13.6. The van der Waals surface area contributed by atoms with Gasteiger partial charge in [0.05, 0.1) is 17.2 Å². The molecule has 1 fully saturated rings. The van der Waals surface area contributed by atoms with Gasteiger partial charge < -0.3 is 15.0 Å². The average Bonchev–Trinajstić information content (AvgIpc) is 3.17. The summed E-state index contributed by atoms with van der Waals surface area (Å²) in [5, 5.41) is 3.28. The Morgan fingerprint density at radius 3 is 2.46 bits per heavy atom. The van der Waals surface area contributed by atoms with Crippen LogP contribution in [0.3, 0.4) is 0 Å². The van der Waals surface area contributed by atoms with Crippen molar-refractivity contribution in [3.05, 3.63) is 57.6 Å². The van der Waals surface area contributed by atoms with Gasteiger partial charge in [-0.25, -0.2) is 0 Å². The highest BCUT2D eigenvalue weighted by molar-refractivity contribution is 6.37. The maximum atomic E-state index is 12.7. The maximum Gasteiger partial charge on any atom is 0.261 e. The van der Waals surface area contributed by atoms with Crippen LogP contribution in [0.5, 0.6) is 5.75 Å². The summed E-state index contributed by atoms with van der Waals surface area (Å²) in [7, 11) is 1.42. The van der Waals surface area contributed by atoms with Gasteiger partial charge in [0.1, 0.15) is 5.56 Å². The van der Waals surface area contributed by atoms with E-state index in [9.17, 15) is 9.59 Å². The van der Waals surface area contributed by atoms with Gasteiger partial charge in [0.25, 0.3) is 11.8 Å². The van der Waals surface area contributed by atoms with Crippen molar-refractivity contribution in [2.45, 2.75) is 12.8 Å². The Labute approximate surface area is 161 Å². The molecular formula is C19H18Cl2N2O3. The van der Waals surface area contributed by atoms with Gasteiger partial charge in [-0.15, -0.1) is 0 Å². The molecular weight excluding hydrogens is 375 g/mol. The SMILES string of the molecule is COc1c(Cl)ccc(Cl)c1C(=O)Nc1cccc(C(=O)N2CCCC2)c1. The molecule has 1 aliphatic rings. The zero-order valence-corrected chi connectivity index (χ0v) is 15.7. The number of methoxy groups -OCH3 is 1. The third kappa shape index (κ3) is 3.79. The van der Waals surface area contributed by atoms with Crippen molar-refractivity contribution >= 4 is 40.7 Å². The molecule has 7 heteroatoms. The lowest BCUT2D eigenvalue weighted by Gasteiger charge is -2.16. The van der Waals surface area contributed by atoms with E-state index in [1.807, 2.05) is 4.90 Å². The second-order valence-electron chi connectivity index (χ2n) is 5.97. The summed E-state index contributed by atoms with van der Waals surface area (Å²) in [6, 6.07) is 9.94. The first-order chi connectivity index (χ1) is 12.5. The van der Waals surface area contributed by atoms with Gasteiger partial charge in [0.2, 0.25) is 0 Å². The number of halogens is 2. The van der Waals surface area contributed by atoms with E-state index in [1.165, 1.54) is 13.2 Å². The van der Waals surface area contributed by atoms with E-state index < -0.39 is 5.91 Å². The quantitative estimate of drug-likeness (QED) is 0.833. The lowest BCUT2D eigenvalue weighted by atomic mass is 10.1. The maximum absolute atomic E-state index is 12.7. The zero-order chi connectivity index (χ0) is 18.7. The molecule has 1 saturated heterocycles. The number of hydrogen-bond donors (Lipinski definition) is 1. The number of likely N-dealkylation sites (tertiary alicyclic amines) is 1. The summed E-state index contributed by atoms with van der Waals surface area (Å²) >= 11 is 12.2. The molecule has 0 aromatic heterocycles. The Morgan fingerprint density at radius 2 is 1.77 bits per heavy atom. The van der Waals surface area contributed by atoms with Crippen LogP contribution < -0.4 is 10.1 Å². The number of benzene rings is 2. The van der Waals surface area contributed by atoms with E-state index in [4.69, 9.17) is 27.9 Å². The topological polar surface area (TPSA) is 58.6 Å². The van der Waals surface area contributed by atoms with Gasteiger partial charge in [-0.3, -0.25) is 9.59 Å². The Bertz CT molecular complexity index is 849. The van der Waals surface area contributed by atoms with Gasteiger partial charge in [-0.05, 0) is 43.2 Å². The minimum absolute atomic E-state index is 0.0306. The molecule has 1 heterocycles. The number of rotatable bonds is 4. The van der Waals surface area contributed by atoms with Gasteiger partial charge in [-0.1, -0.05) is 29.3 Å². The number of ether oxygens (including phenoxy) is 1. The first kappa shape index (κ1) is 18.5. The highest BCUT2D eigenvalue weighted by atomic mass is 35.5. The molecule has 2 amide bonds. The fourth-order valence-corrected chi connectivity index (χ4v) is 3.44. The van der Waals surface area contributed by atoms with Gasteiger partial charge in [0, 0.05) is 24.3 Å². The summed E-state index contributed by atoms with van der Waals surface area (Å²) in [6.07, 6.45) is 2.05. The van der Waals surface area contributed by atoms with Crippen LogP contribution in [0, 0.1) is 0 Å². The molecule has 5 nitrogen and oxygen atoms in total. The molecule has 0 atom stereocenters. The summed E-state index contributed by atoms with van der Waals surface area (Å²) < 4.78 is 5.21. The highest BCUT2D eigenvalue weighted by Crippen LogP contribution is 2.34. The van der Waals surface area contributed by atoms with Crippen molar-refractivity contribution in [3.63, 3.8) is 0 Å². The van der Waals surface area contributed by atoms with Crippen LogP contribution in [0.1, 0.15) is 33.6 Å². The van der Waals surface area contributed by atoms with E-state index in [0.29, 0.717) is 16.3 Å². The van der Waals surface area contributed by atoms with E-state index in [0.717, 1.165) is 25.9 Å². The molecule has 0 spiro atoms. The van der Waals surface area contributed by atoms with Gasteiger partial charge in [0.15, 0.2) is 5.75 Å². The fourth-order valence-electron chi connectivity index (χ4n) is 2.97. The Morgan fingerprint density at radius 1 is 1.08 bits per heavy atom. The molecule has 0 bridgehead atoms. The zero-order valence-electron chi connectivity index (χ0n) is 14.2. The molecule has 3 rings (SSSR count). The predicted octanol–water partition coefficient (Wildman–Crippen LogP) is 4.49. The number of hydrogen-bond acceptors (Lipinski definition) is 3. The number of carbonyl (C=O) groups excluding carboxylic acids is 2. The molecule has 1 N–H and O–H groups in total. The third-order valence-electron chi connectivity index (χ3n) is 4.25. The van der Waals surface area contributed by atoms with Crippen LogP contribution in [0.4, 0.5) is 5.69 Å². The van der Waals surface area contributed by atoms with Crippen LogP contribution >= 0.6 is 23.2 Å². The van der Waals surface area contributed by atoms with E-state index in [1.54, 1.807) is 30.3 Å². The molecule has 1 aliphatic heterocycles. The summed E-state index contributed by atoms with van der Waals surface area (Å²) in [4.78, 5) is 27.0. The minimum atomic E-state index is -0.458. The van der Waals surface area contributed by atoms with Crippen molar-refractivity contribution in [3.8, 4) is 5.75 Å². The summed E-state index contributed by atoms with van der Waals surface area (Å²) in [5.41, 5.74) is 1.19. The lowest BCUT2D eigenvalue weighted by Crippen LogP contribution is -2.27. The van der Waals surface area contributed by atoms with Crippen molar-refractivity contribution in [1.29, 1.82) is 0 Å².